The summed E-state index contributed by atoms with van der Waals surface area (Å²) < 4.78 is 39.7. The average molecular weight is 236 g/mol. The Morgan fingerprint density at radius 1 is 1.50 bits per heavy atom. The van der Waals surface area contributed by atoms with Crippen molar-refractivity contribution in [2.45, 2.75) is 26.1 Å². The summed E-state index contributed by atoms with van der Waals surface area (Å²) in [5.41, 5.74) is -0.328. The summed E-state index contributed by atoms with van der Waals surface area (Å²) in [5.74, 6) is -0.768. The lowest BCUT2D eigenvalue weighted by Gasteiger charge is -2.11. The van der Waals surface area contributed by atoms with Crippen LogP contribution in [0.25, 0.3) is 0 Å². The van der Waals surface area contributed by atoms with Crippen molar-refractivity contribution < 1.29 is 27.8 Å². The summed E-state index contributed by atoms with van der Waals surface area (Å²) in [4.78, 5) is 11.0. The molecule has 0 spiro atoms. The zero-order valence-electron chi connectivity index (χ0n) is 8.95. The monoisotopic (exact) mass is 236 g/mol. The maximum absolute atomic E-state index is 12.6. The fourth-order valence-corrected chi connectivity index (χ4v) is 1.26. The van der Waals surface area contributed by atoms with Gasteiger partial charge in [0.2, 0.25) is 0 Å². The van der Waals surface area contributed by atoms with E-state index in [9.17, 15) is 13.6 Å². The topological polar surface area (TPSA) is 44.8 Å². The molecule has 0 unspecified atom stereocenters. The van der Waals surface area contributed by atoms with Crippen LogP contribution in [0, 0.1) is 0 Å². The first-order chi connectivity index (χ1) is 7.63. The summed E-state index contributed by atoms with van der Waals surface area (Å²) in [7, 11) is 0. The number of hydrogen-bond donors (Lipinski definition) is 0. The first-order valence-corrected chi connectivity index (χ1v) is 5.02. The Morgan fingerprint density at radius 3 is 2.62 bits per heavy atom. The molecule has 0 amide bonds. The number of carbonyl (C=O) groups is 1. The Hall–Kier alpha value is -1.01. The minimum absolute atomic E-state index is 0.115. The second-order valence-electron chi connectivity index (χ2n) is 3.15. The van der Waals surface area contributed by atoms with Gasteiger partial charge < -0.3 is 14.2 Å². The van der Waals surface area contributed by atoms with Crippen molar-refractivity contribution in [3.05, 3.63) is 11.6 Å². The molecule has 92 valence electrons. The molecule has 0 N–H and O–H groups in total. The first kappa shape index (κ1) is 13.1. The summed E-state index contributed by atoms with van der Waals surface area (Å²) in [6, 6.07) is 0. The molecule has 0 bridgehead atoms. The fourth-order valence-electron chi connectivity index (χ4n) is 1.26. The van der Waals surface area contributed by atoms with Crippen molar-refractivity contribution in [2.24, 2.45) is 0 Å². The van der Waals surface area contributed by atoms with Gasteiger partial charge in [-0.2, -0.15) is 0 Å². The van der Waals surface area contributed by atoms with Gasteiger partial charge in [-0.25, -0.2) is 13.6 Å². The van der Waals surface area contributed by atoms with E-state index in [0.717, 1.165) is 6.08 Å². The lowest BCUT2D eigenvalue weighted by atomic mass is 10.2. The van der Waals surface area contributed by atoms with Crippen LogP contribution in [0.3, 0.4) is 0 Å². The molecule has 4 nitrogen and oxygen atoms in total. The molecule has 0 atom stereocenters. The number of esters is 1. The molecule has 0 saturated carbocycles. The molecule has 6 heteroatoms. The minimum Gasteiger partial charge on any atom is -0.463 e. The maximum atomic E-state index is 12.6. The molecular formula is C10H14F2O4. The largest absolute Gasteiger partial charge is 0.463 e. The molecule has 1 saturated heterocycles. The van der Waals surface area contributed by atoms with E-state index in [2.05, 4.69) is 4.74 Å². The Kier molecular flexibility index (Phi) is 5.34. The zero-order valence-corrected chi connectivity index (χ0v) is 8.95. The third-order valence-corrected chi connectivity index (χ3v) is 1.96. The van der Waals surface area contributed by atoms with E-state index in [1.54, 1.807) is 6.92 Å². The van der Waals surface area contributed by atoms with Crippen molar-refractivity contribution in [3.8, 4) is 0 Å². The average Bonchev–Trinajstić information content (AvgIpc) is 2.69. The maximum Gasteiger partial charge on any atom is 0.330 e. The number of ether oxygens (including phenoxy) is 3. The van der Waals surface area contributed by atoms with Crippen LogP contribution in [-0.2, 0) is 19.0 Å². The summed E-state index contributed by atoms with van der Waals surface area (Å²) in [6.07, 6.45) is -2.71. The molecule has 1 aliphatic rings. The molecule has 0 radical (unpaired) electrons. The van der Waals surface area contributed by atoms with Crippen LogP contribution < -0.4 is 0 Å². The number of rotatable bonds is 5. The van der Waals surface area contributed by atoms with E-state index < -0.39 is 18.7 Å². The smallest absolute Gasteiger partial charge is 0.330 e. The molecular weight excluding hydrogens is 222 g/mol. The number of halogens is 2. The van der Waals surface area contributed by atoms with Gasteiger partial charge in [0, 0.05) is 18.1 Å². The molecule has 1 aliphatic heterocycles. The second kappa shape index (κ2) is 6.55. The highest BCUT2D eigenvalue weighted by molar-refractivity contribution is 5.82. The van der Waals surface area contributed by atoms with Crippen LogP contribution in [0.4, 0.5) is 8.78 Å². The van der Waals surface area contributed by atoms with E-state index in [1.807, 2.05) is 0 Å². The number of hydrogen-bond acceptors (Lipinski definition) is 4. The highest BCUT2D eigenvalue weighted by atomic mass is 19.3. The van der Waals surface area contributed by atoms with E-state index in [0.29, 0.717) is 13.2 Å². The van der Waals surface area contributed by atoms with Gasteiger partial charge >= 0.3 is 5.97 Å². The lowest BCUT2D eigenvalue weighted by Crippen LogP contribution is -2.14. The zero-order chi connectivity index (χ0) is 12.0. The van der Waals surface area contributed by atoms with Crippen LogP contribution >= 0.6 is 0 Å². The van der Waals surface area contributed by atoms with Gasteiger partial charge in [-0.05, 0) is 6.92 Å². The highest BCUT2D eigenvalue weighted by Gasteiger charge is 2.23. The van der Waals surface area contributed by atoms with Gasteiger partial charge in [0.15, 0.2) is 6.29 Å². The Morgan fingerprint density at radius 2 is 2.12 bits per heavy atom. The van der Waals surface area contributed by atoms with Gasteiger partial charge in [-0.1, -0.05) is 0 Å². The predicted molar refractivity (Wildman–Crippen MR) is 51.0 cm³/mol. The van der Waals surface area contributed by atoms with E-state index >= 15 is 0 Å². The van der Waals surface area contributed by atoms with Crippen molar-refractivity contribution in [2.75, 3.05) is 19.8 Å². The van der Waals surface area contributed by atoms with E-state index in [-0.39, 0.29) is 18.6 Å². The van der Waals surface area contributed by atoms with Gasteiger partial charge in [0.05, 0.1) is 19.8 Å². The van der Waals surface area contributed by atoms with Gasteiger partial charge in [0.25, 0.3) is 6.43 Å². The summed E-state index contributed by atoms with van der Waals surface area (Å²) >= 11 is 0. The van der Waals surface area contributed by atoms with Crippen LogP contribution in [0.15, 0.2) is 11.6 Å². The molecule has 0 aromatic heterocycles. The fraction of sp³-hybridized carbons (Fsp3) is 0.700. The summed E-state index contributed by atoms with van der Waals surface area (Å²) in [5, 5.41) is 0. The SMILES string of the molecule is CCOC(=O)/C=C(\CC1OCCO1)C(F)F. The van der Waals surface area contributed by atoms with Crippen LogP contribution in [0.5, 0.6) is 0 Å². The van der Waals surface area contributed by atoms with Crippen molar-refractivity contribution in [3.63, 3.8) is 0 Å². The van der Waals surface area contributed by atoms with Gasteiger partial charge in [-0.3, -0.25) is 0 Å². The number of carbonyl (C=O) groups excluding carboxylic acids is 1. The second-order valence-corrected chi connectivity index (χ2v) is 3.15. The van der Waals surface area contributed by atoms with E-state index in [4.69, 9.17) is 9.47 Å². The van der Waals surface area contributed by atoms with Crippen molar-refractivity contribution in [1.29, 1.82) is 0 Å². The third kappa shape index (κ3) is 4.24. The number of alkyl halides is 2. The Balaban J connectivity index is 2.55. The van der Waals surface area contributed by atoms with E-state index in [1.165, 1.54) is 0 Å². The van der Waals surface area contributed by atoms with Crippen molar-refractivity contribution >= 4 is 5.97 Å². The van der Waals surface area contributed by atoms with Crippen LogP contribution in [-0.4, -0.2) is 38.5 Å². The van der Waals surface area contributed by atoms with Crippen LogP contribution in [0.1, 0.15) is 13.3 Å². The molecule has 1 heterocycles. The third-order valence-electron chi connectivity index (χ3n) is 1.96. The highest BCUT2D eigenvalue weighted by Crippen LogP contribution is 2.20. The summed E-state index contributed by atoms with van der Waals surface area (Å²) in [6.45, 7) is 2.54. The lowest BCUT2D eigenvalue weighted by molar-refractivity contribution is -0.137. The van der Waals surface area contributed by atoms with Crippen molar-refractivity contribution in [1.82, 2.24) is 0 Å². The van der Waals surface area contributed by atoms with Gasteiger partial charge in [0.1, 0.15) is 0 Å². The predicted octanol–water partition coefficient (Wildman–Crippen LogP) is 1.50. The molecule has 1 rings (SSSR count). The first-order valence-electron chi connectivity index (χ1n) is 5.02. The molecule has 0 aromatic rings. The Labute approximate surface area is 92.2 Å². The standard InChI is InChI=1S/C10H14F2O4/c1-2-14-8(13)5-7(10(11)12)6-9-15-3-4-16-9/h5,9-10H,2-4,6H2,1H3/b7-5+. The molecule has 0 aromatic carbocycles. The minimum atomic E-state index is -2.71. The normalized spacial score (nSPS) is 18.1. The quantitative estimate of drug-likeness (QED) is 0.536. The molecule has 1 fully saturated rings. The van der Waals surface area contributed by atoms with Crippen LogP contribution in [0.2, 0.25) is 0 Å². The molecule has 0 aliphatic carbocycles. The molecule has 16 heavy (non-hydrogen) atoms. The Bertz CT molecular complexity index is 260. The van der Waals surface area contributed by atoms with Gasteiger partial charge in [-0.15, -0.1) is 0 Å².